The Morgan fingerprint density at radius 1 is 0.935 bits per heavy atom. The zero-order valence-corrected chi connectivity index (χ0v) is 19.0. The summed E-state index contributed by atoms with van der Waals surface area (Å²) in [4.78, 5) is 18.9. The summed E-state index contributed by atoms with van der Waals surface area (Å²) in [7, 11) is -1.26. The SMILES string of the molecule is CN1CCN(C(=O)c2cc(-c3ccc(S(C)(=O)=O)cc3)c(-c3ccc(F)cc3)s2)CC1. The van der Waals surface area contributed by atoms with E-state index in [2.05, 4.69) is 4.90 Å². The Labute approximate surface area is 185 Å². The molecule has 4 rings (SSSR count). The highest BCUT2D eigenvalue weighted by atomic mass is 32.2. The van der Waals surface area contributed by atoms with Gasteiger partial charge in [0, 0.05) is 42.9 Å². The van der Waals surface area contributed by atoms with E-state index in [1.807, 2.05) is 18.0 Å². The first-order chi connectivity index (χ1) is 14.7. The van der Waals surface area contributed by atoms with Crippen LogP contribution in [0, 0.1) is 5.82 Å². The van der Waals surface area contributed by atoms with E-state index in [-0.39, 0.29) is 16.6 Å². The van der Waals surface area contributed by atoms with Gasteiger partial charge in [0.2, 0.25) is 0 Å². The highest BCUT2D eigenvalue weighted by Crippen LogP contribution is 2.40. The Morgan fingerprint density at radius 2 is 1.52 bits per heavy atom. The lowest BCUT2D eigenvalue weighted by atomic mass is 10.0. The number of rotatable bonds is 4. The number of piperazine rings is 1. The molecule has 0 radical (unpaired) electrons. The van der Waals surface area contributed by atoms with Gasteiger partial charge in [0.25, 0.3) is 5.91 Å². The molecule has 0 unspecified atom stereocenters. The lowest BCUT2D eigenvalue weighted by Crippen LogP contribution is -2.46. The molecule has 0 N–H and O–H groups in total. The molecule has 2 heterocycles. The topological polar surface area (TPSA) is 57.7 Å². The van der Waals surface area contributed by atoms with Crippen LogP contribution in [-0.4, -0.2) is 63.6 Å². The molecule has 0 spiro atoms. The fourth-order valence-electron chi connectivity index (χ4n) is 3.57. The maximum Gasteiger partial charge on any atom is 0.264 e. The average Bonchev–Trinajstić information content (AvgIpc) is 3.19. The zero-order valence-electron chi connectivity index (χ0n) is 17.3. The summed E-state index contributed by atoms with van der Waals surface area (Å²) in [5.74, 6) is -0.339. The number of thiophene rings is 1. The van der Waals surface area contributed by atoms with E-state index in [0.717, 1.165) is 34.7 Å². The molecular formula is C23H23FN2O3S2. The van der Waals surface area contributed by atoms with Gasteiger partial charge in [-0.15, -0.1) is 11.3 Å². The molecule has 1 fully saturated rings. The molecule has 0 bridgehead atoms. The predicted octanol–water partition coefficient (Wildman–Crippen LogP) is 4.01. The van der Waals surface area contributed by atoms with Crippen molar-refractivity contribution in [2.45, 2.75) is 4.90 Å². The Morgan fingerprint density at radius 3 is 2.10 bits per heavy atom. The number of benzene rings is 2. The summed E-state index contributed by atoms with van der Waals surface area (Å²) in [6.07, 6.45) is 1.17. The van der Waals surface area contributed by atoms with Crippen LogP contribution < -0.4 is 0 Å². The molecule has 1 aliphatic heterocycles. The summed E-state index contributed by atoms with van der Waals surface area (Å²) < 4.78 is 37.1. The third-order valence-electron chi connectivity index (χ3n) is 5.43. The number of nitrogens with zero attached hydrogens (tertiary/aromatic N) is 2. The molecule has 5 nitrogen and oxygen atoms in total. The molecule has 0 atom stereocenters. The van der Waals surface area contributed by atoms with Crippen LogP contribution in [0.3, 0.4) is 0 Å². The van der Waals surface area contributed by atoms with Crippen molar-refractivity contribution < 1.29 is 17.6 Å². The molecule has 1 aliphatic rings. The number of halogens is 1. The van der Waals surface area contributed by atoms with Crippen LogP contribution in [0.1, 0.15) is 9.67 Å². The van der Waals surface area contributed by atoms with Crippen LogP contribution >= 0.6 is 11.3 Å². The van der Waals surface area contributed by atoms with Gasteiger partial charge in [-0.1, -0.05) is 24.3 Å². The van der Waals surface area contributed by atoms with Gasteiger partial charge in [-0.25, -0.2) is 12.8 Å². The van der Waals surface area contributed by atoms with Crippen LogP contribution in [0.5, 0.6) is 0 Å². The molecule has 0 saturated carbocycles. The van der Waals surface area contributed by atoms with Crippen molar-refractivity contribution in [2.24, 2.45) is 0 Å². The van der Waals surface area contributed by atoms with Crippen molar-refractivity contribution in [1.29, 1.82) is 0 Å². The van der Waals surface area contributed by atoms with Crippen molar-refractivity contribution in [2.75, 3.05) is 39.5 Å². The van der Waals surface area contributed by atoms with Gasteiger partial charge >= 0.3 is 0 Å². The van der Waals surface area contributed by atoms with E-state index in [0.29, 0.717) is 18.0 Å². The van der Waals surface area contributed by atoms with E-state index in [1.165, 1.54) is 29.7 Å². The van der Waals surface area contributed by atoms with E-state index in [9.17, 15) is 17.6 Å². The molecule has 31 heavy (non-hydrogen) atoms. The van der Waals surface area contributed by atoms with Gasteiger partial charge in [-0.3, -0.25) is 4.79 Å². The Kier molecular flexibility index (Phi) is 5.96. The smallest absolute Gasteiger partial charge is 0.264 e. The van der Waals surface area contributed by atoms with E-state index >= 15 is 0 Å². The van der Waals surface area contributed by atoms with Crippen molar-refractivity contribution in [3.8, 4) is 21.6 Å². The first-order valence-electron chi connectivity index (χ1n) is 9.90. The third-order valence-corrected chi connectivity index (χ3v) is 7.73. The van der Waals surface area contributed by atoms with Crippen molar-refractivity contribution in [1.82, 2.24) is 9.80 Å². The lowest BCUT2D eigenvalue weighted by Gasteiger charge is -2.32. The summed E-state index contributed by atoms with van der Waals surface area (Å²) in [5.41, 5.74) is 2.44. The van der Waals surface area contributed by atoms with E-state index in [1.54, 1.807) is 36.4 Å². The minimum absolute atomic E-state index is 0.0135. The van der Waals surface area contributed by atoms with Gasteiger partial charge in [-0.05, 0) is 48.5 Å². The van der Waals surface area contributed by atoms with Gasteiger partial charge in [-0.2, -0.15) is 0 Å². The summed E-state index contributed by atoms with van der Waals surface area (Å²) in [6, 6.07) is 14.7. The van der Waals surface area contributed by atoms with Gasteiger partial charge in [0.05, 0.1) is 9.77 Å². The van der Waals surface area contributed by atoms with Gasteiger partial charge in [0.1, 0.15) is 5.82 Å². The number of hydrogen-bond donors (Lipinski definition) is 0. The number of carbonyl (C=O) groups is 1. The standard InChI is InChI=1S/C23H23FN2O3S2/c1-25-11-13-26(14-12-25)23(27)21-15-20(16-5-9-19(10-6-16)31(2,28)29)22(30-21)17-3-7-18(24)8-4-17/h3-10,15H,11-14H2,1-2H3. The summed E-state index contributed by atoms with van der Waals surface area (Å²) in [5, 5.41) is 0. The highest BCUT2D eigenvalue weighted by molar-refractivity contribution is 7.90. The van der Waals surface area contributed by atoms with Crippen LogP contribution in [0.4, 0.5) is 4.39 Å². The molecular weight excluding hydrogens is 435 g/mol. The van der Waals surface area contributed by atoms with Crippen LogP contribution in [-0.2, 0) is 9.84 Å². The maximum absolute atomic E-state index is 13.5. The Balaban J connectivity index is 1.75. The summed E-state index contributed by atoms with van der Waals surface area (Å²) >= 11 is 1.38. The minimum Gasteiger partial charge on any atom is -0.335 e. The van der Waals surface area contributed by atoms with Crippen LogP contribution in [0.2, 0.25) is 0 Å². The monoisotopic (exact) mass is 458 g/mol. The Bertz CT molecular complexity index is 1190. The number of hydrogen-bond acceptors (Lipinski definition) is 5. The maximum atomic E-state index is 13.5. The number of sulfone groups is 1. The molecule has 3 aromatic rings. The largest absolute Gasteiger partial charge is 0.335 e. The molecule has 2 aromatic carbocycles. The summed E-state index contributed by atoms with van der Waals surface area (Å²) in [6.45, 7) is 3.03. The first kappa shape index (κ1) is 21.7. The number of carbonyl (C=O) groups excluding carboxylic acids is 1. The molecule has 1 saturated heterocycles. The minimum atomic E-state index is -3.30. The molecule has 1 amide bonds. The normalized spacial score (nSPS) is 15.3. The average molecular weight is 459 g/mol. The van der Waals surface area contributed by atoms with Gasteiger partial charge < -0.3 is 9.80 Å². The second kappa shape index (κ2) is 8.53. The molecule has 1 aromatic heterocycles. The quantitative estimate of drug-likeness (QED) is 0.593. The second-order valence-corrected chi connectivity index (χ2v) is 10.8. The fraction of sp³-hybridized carbons (Fsp3) is 0.261. The number of likely N-dealkylation sites (N-methyl/N-ethyl adjacent to an activating group) is 1. The molecule has 0 aliphatic carbocycles. The number of amides is 1. The second-order valence-electron chi connectivity index (χ2n) is 7.75. The highest BCUT2D eigenvalue weighted by Gasteiger charge is 2.24. The Hall–Kier alpha value is -2.55. The van der Waals surface area contributed by atoms with E-state index < -0.39 is 9.84 Å². The first-order valence-corrected chi connectivity index (χ1v) is 12.6. The lowest BCUT2D eigenvalue weighted by molar-refractivity contribution is 0.0669. The van der Waals surface area contributed by atoms with Crippen molar-refractivity contribution >= 4 is 27.1 Å². The van der Waals surface area contributed by atoms with Crippen molar-refractivity contribution in [3.05, 3.63) is 65.3 Å². The van der Waals surface area contributed by atoms with E-state index in [4.69, 9.17) is 0 Å². The fourth-order valence-corrected chi connectivity index (χ4v) is 5.36. The third kappa shape index (κ3) is 4.71. The van der Waals surface area contributed by atoms with Crippen molar-refractivity contribution in [3.63, 3.8) is 0 Å². The molecule has 8 heteroatoms. The molecule has 162 valence electrons. The van der Waals surface area contributed by atoms with Crippen LogP contribution in [0.15, 0.2) is 59.5 Å². The van der Waals surface area contributed by atoms with Gasteiger partial charge in [0.15, 0.2) is 9.84 Å². The van der Waals surface area contributed by atoms with Crippen LogP contribution in [0.25, 0.3) is 21.6 Å². The predicted molar refractivity (Wildman–Crippen MR) is 122 cm³/mol. The zero-order chi connectivity index (χ0) is 22.2.